The van der Waals surface area contributed by atoms with Crippen molar-refractivity contribution in [3.8, 4) is 5.75 Å². The van der Waals surface area contributed by atoms with Crippen molar-refractivity contribution in [3.05, 3.63) is 65.7 Å². The van der Waals surface area contributed by atoms with Crippen LogP contribution in [0.1, 0.15) is 28.8 Å². The zero-order chi connectivity index (χ0) is 17.6. The molecule has 1 saturated carbocycles. The van der Waals surface area contributed by atoms with E-state index in [9.17, 15) is 9.59 Å². The number of ether oxygens (including phenoxy) is 1. The second-order valence-corrected chi connectivity index (χ2v) is 5.86. The zero-order valence-corrected chi connectivity index (χ0v) is 14.0. The van der Waals surface area contributed by atoms with E-state index in [1.165, 1.54) is 6.08 Å². The SMILES string of the molecule is COc1ccccc1C=CC(=O)Nc1ccccc1C(=O)NC1CC1. The van der Waals surface area contributed by atoms with Crippen LogP contribution >= 0.6 is 0 Å². The van der Waals surface area contributed by atoms with Crippen molar-refractivity contribution in [1.82, 2.24) is 5.32 Å². The number of hydrogen-bond acceptors (Lipinski definition) is 3. The van der Waals surface area contributed by atoms with Crippen molar-refractivity contribution in [1.29, 1.82) is 0 Å². The summed E-state index contributed by atoms with van der Waals surface area (Å²) >= 11 is 0. The van der Waals surface area contributed by atoms with Gasteiger partial charge in [-0.2, -0.15) is 0 Å². The van der Waals surface area contributed by atoms with Gasteiger partial charge in [0, 0.05) is 17.7 Å². The summed E-state index contributed by atoms with van der Waals surface area (Å²) in [5.41, 5.74) is 1.77. The molecular weight excluding hydrogens is 316 g/mol. The number of nitrogens with one attached hydrogen (secondary N) is 2. The van der Waals surface area contributed by atoms with E-state index in [-0.39, 0.29) is 17.9 Å². The summed E-state index contributed by atoms with van der Waals surface area (Å²) in [7, 11) is 1.58. The maximum atomic E-state index is 12.3. The highest BCUT2D eigenvalue weighted by molar-refractivity contribution is 6.07. The molecule has 25 heavy (non-hydrogen) atoms. The van der Waals surface area contributed by atoms with Crippen LogP contribution in [-0.2, 0) is 4.79 Å². The fourth-order valence-corrected chi connectivity index (χ4v) is 2.42. The first kappa shape index (κ1) is 16.8. The second-order valence-electron chi connectivity index (χ2n) is 5.86. The Morgan fingerprint density at radius 1 is 1.08 bits per heavy atom. The molecule has 0 unspecified atom stereocenters. The molecule has 5 heteroatoms. The van der Waals surface area contributed by atoms with Crippen molar-refractivity contribution >= 4 is 23.6 Å². The fourth-order valence-electron chi connectivity index (χ4n) is 2.42. The summed E-state index contributed by atoms with van der Waals surface area (Å²) in [5, 5.41) is 5.70. The molecule has 1 aliphatic rings. The molecule has 2 aromatic rings. The molecule has 0 radical (unpaired) electrons. The van der Waals surface area contributed by atoms with Gasteiger partial charge in [0.25, 0.3) is 5.91 Å². The third-order valence-corrected chi connectivity index (χ3v) is 3.90. The first-order valence-corrected chi connectivity index (χ1v) is 8.19. The summed E-state index contributed by atoms with van der Waals surface area (Å²) in [4.78, 5) is 24.5. The molecule has 2 amide bonds. The molecule has 0 spiro atoms. The minimum atomic E-state index is -0.308. The lowest BCUT2D eigenvalue weighted by molar-refractivity contribution is -0.111. The van der Waals surface area contributed by atoms with Crippen LogP contribution in [-0.4, -0.2) is 25.0 Å². The van der Waals surface area contributed by atoms with E-state index >= 15 is 0 Å². The van der Waals surface area contributed by atoms with Gasteiger partial charge >= 0.3 is 0 Å². The van der Waals surface area contributed by atoms with Crippen LogP contribution < -0.4 is 15.4 Å². The Morgan fingerprint density at radius 3 is 2.56 bits per heavy atom. The summed E-state index contributed by atoms with van der Waals surface area (Å²) in [5.74, 6) is 0.223. The molecule has 1 aliphatic carbocycles. The van der Waals surface area contributed by atoms with E-state index in [0.29, 0.717) is 17.0 Å². The van der Waals surface area contributed by atoms with Crippen molar-refractivity contribution < 1.29 is 14.3 Å². The van der Waals surface area contributed by atoms with Gasteiger partial charge in [-0.25, -0.2) is 0 Å². The Kier molecular flexibility index (Phi) is 5.14. The lowest BCUT2D eigenvalue weighted by Gasteiger charge is -2.10. The molecular formula is C20H20N2O3. The van der Waals surface area contributed by atoms with Crippen LogP contribution in [0.15, 0.2) is 54.6 Å². The predicted octanol–water partition coefficient (Wildman–Crippen LogP) is 3.24. The molecule has 0 saturated heterocycles. The Morgan fingerprint density at radius 2 is 1.80 bits per heavy atom. The number of anilines is 1. The van der Waals surface area contributed by atoms with E-state index in [4.69, 9.17) is 4.74 Å². The van der Waals surface area contributed by atoms with Gasteiger partial charge in [-0.3, -0.25) is 9.59 Å². The molecule has 5 nitrogen and oxygen atoms in total. The van der Waals surface area contributed by atoms with Gasteiger partial charge in [-0.1, -0.05) is 30.3 Å². The van der Waals surface area contributed by atoms with Gasteiger partial charge in [-0.15, -0.1) is 0 Å². The minimum Gasteiger partial charge on any atom is -0.496 e. The molecule has 0 aromatic heterocycles. The monoisotopic (exact) mass is 336 g/mol. The van der Waals surface area contributed by atoms with Gasteiger partial charge in [-0.05, 0) is 37.1 Å². The van der Waals surface area contributed by atoms with E-state index in [1.54, 1.807) is 37.5 Å². The predicted molar refractivity (Wildman–Crippen MR) is 97.6 cm³/mol. The van der Waals surface area contributed by atoms with Crippen LogP contribution in [0.3, 0.4) is 0 Å². The number of para-hydroxylation sites is 2. The van der Waals surface area contributed by atoms with Crippen molar-refractivity contribution in [2.45, 2.75) is 18.9 Å². The van der Waals surface area contributed by atoms with Crippen molar-refractivity contribution in [3.63, 3.8) is 0 Å². The van der Waals surface area contributed by atoms with Gasteiger partial charge in [0.2, 0.25) is 5.91 Å². The second kappa shape index (κ2) is 7.66. The quantitative estimate of drug-likeness (QED) is 0.796. The lowest BCUT2D eigenvalue weighted by atomic mass is 10.1. The van der Waals surface area contributed by atoms with E-state index < -0.39 is 0 Å². The molecule has 2 N–H and O–H groups in total. The third kappa shape index (κ3) is 4.47. The van der Waals surface area contributed by atoms with E-state index in [1.807, 2.05) is 24.3 Å². The van der Waals surface area contributed by atoms with E-state index in [0.717, 1.165) is 18.4 Å². The topological polar surface area (TPSA) is 67.4 Å². The van der Waals surface area contributed by atoms with Gasteiger partial charge in [0.05, 0.1) is 18.4 Å². The zero-order valence-electron chi connectivity index (χ0n) is 14.0. The molecule has 3 rings (SSSR count). The highest BCUT2D eigenvalue weighted by Crippen LogP contribution is 2.22. The molecule has 0 heterocycles. The Hall–Kier alpha value is -3.08. The summed E-state index contributed by atoms with van der Waals surface area (Å²) in [6.45, 7) is 0. The summed E-state index contributed by atoms with van der Waals surface area (Å²) in [6, 6.07) is 14.7. The Labute approximate surface area is 146 Å². The number of benzene rings is 2. The molecule has 0 bridgehead atoms. The minimum absolute atomic E-state index is 0.160. The number of carbonyl (C=O) groups is 2. The highest BCUT2D eigenvalue weighted by atomic mass is 16.5. The van der Waals surface area contributed by atoms with Crippen LogP contribution in [0.2, 0.25) is 0 Å². The fraction of sp³-hybridized carbons (Fsp3) is 0.200. The summed E-state index contributed by atoms with van der Waals surface area (Å²) in [6.07, 6.45) is 5.14. The number of hydrogen-bond donors (Lipinski definition) is 2. The number of amides is 2. The lowest BCUT2D eigenvalue weighted by Crippen LogP contribution is -2.26. The number of carbonyl (C=O) groups excluding carboxylic acids is 2. The standard InChI is InChI=1S/C20H20N2O3/c1-25-18-9-5-2-6-14(18)10-13-19(23)22-17-8-4-3-7-16(17)20(24)21-15-11-12-15/h2-10,13,15H,11-12H2,1H3,(H,21,24)(H,22,23). The van der Waals surface area contributed by atoms with E-state index in [2.05, 4.69) is 10.6 Å². The Balaban J connectivity index is 1.70. The average Bonchev–Trinajstić information content (AvgIpc) is 3.44. The summed E-state index contributed by atoms with van der Waals surface area (Å²) < 4.78 is 5.25. The largest absolute Gasteiger partial charge is 0.496 e. The average molecular weight is 336 g/mol. The van der Waals surface area contributed by atoms with Crippen LogP contribution in [0.25, 0.3) is 6.08 Å². The number of methoxy groups -OCH3 is 1. The highest BCUT2D eigenvalue weighted by Gasteiger charge is 2.24. The van der Waals surface area contributed by atoms with Crippen molar-refractivity contribution in [2.24, 2.45) is 0 Å². The molecule has 128 valence electrons. The van der Waals surface area contributed by atoms with Crippen molar-refractivity contribution in [2.75, 3.05) is 12.4 Å². The smallest absolute Gasteiger partial charge is 0.253 e. The van der Waals surface area contributed by atoms with Crippen LogP contribution in [0.4, 0.5) is 5.69 Å². The van der Waals surface area contributed by atoms with Crippen LogP contribution in [0.5, 0.6) is 5.75 Å². The number of rotatable bonds is 6. The van der Waals surface area contributed by atoms with Crippen LogP contribution in [0, 0.1) is 0 Å². The van der Waals surface area contributed by atoms with Gasteiger partial charge in [0.1, 0.15) is 5.75 Å². The van der Waals surface area contributed by atoms with Gasteiger partial charge in [0.15, 0.2) is 0 Å². The first-order chi connectivity index (χ1) is 12.2. The Bertz CT molecular complexity index is 810. The maximum Gasteiger partial charge on any atom is 0.253 e. The van der Waals surface area contributed by atoms with Gasteiger partial charge < -0.3 is 15.4 Å². The molecule has 1 fully saturated rings. The molecule has 0 atom stereocenters. The maximum absolute atomic E-state index is 12.3. The third-order valence-electron chi connectivity index (χ3n) is 3.90. The normalized spacial score (nSPS) is 13.5. The first-order valence-electron chi connectivity index (χ1n) is 8.19. The molecule has 0 aliphatic heterocycles. The molecule has 2 aromatic carbocycles.